The van der Waals surface area contributed by atoms with E-state index >= 15 is 0 Å². The largest absolute Gasteiger partial charge is 0.493 e. The van der Waals surface area contributed by atoms with Crippen LogP contribution in [0, 0.1) is 6.92 Å². The quantitative estimate of drug-likeness (QED) is 0.400. The predicted molar refractivity (Wildman–Crippen MR) is 102 cm³/mol. The minimum atomic E-state index is 0. The SMILES string of the molecule is CCNC(=NCc1nc(C)no1)Nc1ccc(OC)c(OC)c1.I. The van der Waals surface area contributed by atoms with Crippen LogP contribution < -0.4 is 20.1 Å². The van der Waals surface area contributed by atoms with Gasteiger partial charge in [-0.25, -0.2) is 4.99 Å². The first-order valence-electron chi connectivity index (χ1n) is 7.22. The van der Waals surface area contributed by atoms with Crippen molar-refractivity contribution in [2.75, 3.05) is 26.1 Å². The molecule has 132 valence electrons. The second kappa shape index (κ2) is 9.96. The van der Waals surface area contributed by atoms with Crippen LogP contribution in [0.1, 0.15) is 18.6 Å². The van der Waals surface area contributed by atoms with Gasteiger partial charge in [0.15, 0.2) is 23.3 Å². The lowest BCUT2D eigenvalue weighted by Crippen LogP contribution is -2.30. The minimum absolute atomic E-state index is 0. The van der Waals surface area contributed by atoms with Gasteiger partial charge in [0.05, 0.1) is 14.2 Å². The third kappa shape index (κ3) is 5.55. The molecule has 0 aliphatic rings. The highest BCUT2D eigenvalue weighted by Crippen LogP contribution is 2.29. The Morgan fingerprint density at radius 1 is 1.25 bits per heavy atom. The molecule has 0 saturated carbocycles. The van der Waals surface area contributed by atoms with Gasteiger partial charge in [0.25, 0.3) is 0 Å². The van der Waals surface area contributed by atoms with Gasteiger partial charge < -0.3 is 24.6 Å². The van der Waals surface area contributed by atoms with Gasteiger partial charge in [-0.05, 0) is 26.0 Å². The van der Waals surface area contributed by atoms with Crippen LogP contribution in [0.5, 0.6) is 11.5 Å². The Hall–Kier alpha value is -2.04. The fourth-order valence-electron chi connectivity index (χ4n) is 1.91. The Morgan fingerprint density at radius 3 is 2.58 bits per heavy atom. The summed E-state index contributed by atoms with van der Waals surface area (Å²) in [5.74, 6) is 2.97. The van der Waals surface area contributed by atoms with Crippen LogP contribution in [0.25, 0.3) is 0 Å². The lowest BCUT2D eigenvalue weighted by atomic mass is 10.3. The van der Waals surface area contributed by atoms with Crippen LogP contribution in [0.2, 0.25) is 0 Å². The first kappa shape index (κ1) is 20.0. The zero-order chi connectivity index (χ0) is 16.7. The Kier molecular flexibility index (Phi) is 8.30. The van der Waals surface area contributed by atoms with E-state index in [-0.39, 0.29) is 24.0 Å². The third-order valence-electron chi connectivity index (χ3n) is 2.93. The molecule has 0 aliphatic heterocycles. The molecule has 0 unspecified atom stereocenters. The molecular weight excluding hydrogens is 425 g/mol. The molecule has 0 saturated heterocycles. The zero-order valence-electron chi connectivity index (χ0n) is 14.1. The molecule has 2 N–H and O–H groups in total. The van der Waals surface area contributed by atoms with Crippen molar-refractivity contribution in [2.45, 2.75) is 20.4 Å². The molecule has 1 aromatic carbocycles. The average molecular weight is 447 g/mol. The van der Waals surface area contributed by atoms with Crippen LogP contribution in [0.15, 0.2) is 27.7 Å². The van der Waals surface area contributed by atoms with Gasteiger partial charge >= 0.3 is 0 Å². The number of ether oxygens (including phenoxy) is 2. The summed E-state index contributed by atoms with van der Waals surface area (Å²) in [5.41, 5.74) is 0.823. The second-order valence-corrected chi connectivity index (χ2v) is 4.63. The minimum Gasteiger partial charge on any atom is -0.493 e. The number of methoxy groups -OCH3 is 2. The van der Waals surface area contributed by atoms with Gasteiger partial charge in [0.2, 0.25) is 5.89 Å². The maximum absolute atomic E-state index is 5.29. The van der Waals surface area contributed by atoms with Crippen LogP contribution in [-0.2, 0) is 6.54 Å². The highest BCUT2D eigenvalue weighted by Gasteiger charge is 2.07. The molecule has 1 heterocycles. The van der Waals surface area contributed by atoms with E-state index < -0.39 is 0 Å². The number of aliphatic imine (C=N–C) groups is 1. The molecule has 24 heavy (non-hydrogen) atoms. The van der Waals surface area contributed by atoms with Crippen molar-refractivity contribution in [2.24, 2.45) is 4.99 Å². The normalized spacial score (nSPS) is 10.8. The molecule has 0 spiro atoms. The van der Waals surface area contributed by atoms with Crippen molar-refractivity contribution >= 4 is 35.6 Å². The van der Waals surface area contributed by atoms with Crippen LogP contribution in [0.3, 0.4) is 0 Å². The molecule has 0 aliphatic carbocycles. The van der Waals surface area contributed by atoms with Crippen LogP contribution >= 0.6 is 24.0 Å². The second-order valence-electron chi connectivity index (χ2n) is 4.63. The molecule has 2 rings (SSSR count). The fourth-order valence-corrected chi connectivity index (χ4v) is 1.91. The number of nitrogens with one attached hydrogen (secondary N) is 2. The molecule has 0 atom stereocenters. The number of hydrogen-bond donors (Lipinski definition) is 2. The third-order valence-corrected chi connectivity index (χ3v) is 2.93. The zero-order valence-corrected chi connectivity index (χ0v) is 16.5. The summed E-state index contributed by atoms with van der Waals surface area (Å²) in [6.45, 7) is 4.78. The van der Waals surface area contributed by atoms with Crippen molar-refractivity contribution in [1.29, 1.82) is 0 Å². The molecule has 0 fully saturated rings. The summed E-state index contributed by atoms with van der Waals surface area (Å²) < 4.78 is 15.6. The first-order valence-corrected chi connectivity index (χ1v) is 7.22. The Morgan fingerprint density at radius 2 is 2.00 bits per heavy atom. The van der Waals surface area contributed by atoms with Gasteiger partial charge in [0, 0.05) is 18.3 Å². The summed E-state index contributed by atoms with van der Waals surface area (Å²) in [5, 5.41) is 10.1. The van der Waals surface area contributed by atoms with Gasteiger partial charge in [-0.1, -0.05) is 5.16 Å². The van der Waals surface area contributed by atoms with Crippen molar-refractivity contribution in [1.82, 2.24) is 15.5 Å². The molecule has 9 heteroatoms. The van der Waals surface area contributed by atoms with E-state index in [1.807, 2.05) is 25.1 Å². The van der Waals surface area contributed by atoms with Crippen LogP contribution in [0.4, 0.5) is 5.69 Å². The molecule has 2 aromatic rings. The number of rotatable bonds is 6. The average Bonchev–Trinajstić information content (AvgIpc) is 2.98. The van der Waals surface area contributed by atoms with E-state index in [2.05, 4.69) is 25.8 Å². The number of guanidine groups is 1. The highest BCUT2D eigenvalue weighted by molar-refractivity contribution is 14.0. The standard InChI is InChI=1S/C15H21N5O3.HI/c1-5-16-15(17-9-14-18-10(2)20-23-14)19-11-6-7-12(21-3)13(8-11)22-4;/h6-8H,5,9H2,1-4H3,(H2,16,17,19);1H. The summed E-state index contributed by atoms with van der Waals surface area (Å²) in [6, 6.07) is 5.54. The van der Waals surface area contributed by atoms with E-state index in [0.717, 1.165) is 12.2 Å². The monoisotopic (exact) mass is 447 g/mol. The number of nitrogens with zero attached hydrogens (tertiary/aromatic N) is 3. The highest BCUT2D eigenvalue weighted by atomic mass is 127. The molecule has 0 bridgehead atoms. The predicted octanol–water partition coefficient (Wildman–Crippen LogP) is 2.59. The van der Waals surface area contributed by atoms with E-state index in [0.29, 0.717) is 35.7 Å². The van der Waals surface area contributed by atoms with Gasteiger partial charge in [-0.3, -0.25) is 0 Å². The van der Waals surface area contributed by atoms with Crippen molar-refractivity contribution in [3.8, 4) is 11.5 Å². The van der Waals surface area contributed by atoms with E-state index in [4.69, 9.17) is 14.0 Å². The molecule has 8 nitrogen and oxygen atoms in total. The van der Waals surface area contributed by atoms with Crippen molar-refractivity contribution in [3.05, 3.63) is 29.9 Å². The smallest absolute Gasteiger partial charge is 0.248 e. The van der Waals surface area contributed by atoms with Gasteiger partial charge in [-0.2, -0.15) is 4.98 Å². The lowest BCUT2D eigenvalue weighted by Gasteiger charge is -2.13. The van der Waals surface area contributed by atoms with Gasteiger partial charge in [-0.15, -0.1) is 24.0 Å². The molecular formula is C15H22IN5O3. The molecule has 1 aromatic heterocycles. The maximum atomic E-state index is 5.29. The number of anilines is 1. The number of aryl methyl sites for hydroxylation is 1. The number of aromatic nitrogens is 2. The molecule has 0 amide bonds. The topological polar surface area (TPSA) is 93.8 Å². The van der Waals surface area contributed by atoms with E-state index in [1.165, 1.54) is 0 Å². The number of benzene rings is 1. The Balaban J connectivity index is 0.00000288. The van der Waals surface area contributed by atoms with Crippen molar-refractivity contribution < 1.29 is 14.0 Å². The summed E-state index contributed by atoms with van der Waals surface area (Å²) in [6.07, 6.45) is 0. The summed E-state index contributed by atoms with van der Waals surface area (Å²) in [7, 11) is 3.20. The van der Waals surface area contributed by atoms with E-state index in [1.54, 1.807) is 21.1 Å². The Bertz CT molecular complexity index is 675. The first-order chi connectivity index (χ1) is 11.2. The summed E-state index contributed by atoms with van der Waals surface area (Å²) in [4.78, 5) is 8.54. The maximum Gasteiger partial charge on any atom is 0.248 e. The fraction of sp³-hybridized carbons (Fsp3) is 0.400. The number of hydrogen-bond acceptors (Lipinski definition) is 6. The van der Waals surface area contributed by atoms with Crippen LogP contribution in [-0.4, -0.2) is 36.9 Å². The van der Waals surface area contributed by atoms with Gasteiger partial charge in [0.1, 0.15) is 6.54 Å². The summed E-state index contributed by atoms with van der Waals surface area (Å²) >= 11 is 0. The number of halogens is 1. The Labute approximate surface area is 158 Å². The van der Waals surface area contributed by atoms with E-state index in [9.17, 15) is 0 Å². The lowest BCUT2D eigenvalue weighted by molar-refractivity contribution is 0.355. The molecule has 0 radical (unpaired) electrons. The van der Waals surface area contributed by atoms with Crippen molar-refractivity contribution in [3.63, 3.8) is 0 Å².